The first-order chi connectivity index (χ1) is 7.33. The summed E-state index contributed by atoms with van der Waals surface area (Å²) in [7, 11) is 1.29. The van der Waals surface area contributed by atoms with Gasteiger partial charge < -0.3 is 10.5 Å². The van der Waals surface area contributed by atoms with Crippen LogP contribution in [-0.2, 0) is 5.54 Å². The van der Waals surface area contributed by atoms with Gasteiger partial charge in [-0.15, -0.1) is 0 Å². The van der Waals surface area contributed by atoms with Crippen molar-refractivity contribution in [3.63, 3.8) is 0 Å². The molecular formula is C10H9ClF3NO. The van der Waals surface area contributed by atoms with Crippen molar-refractivity contribution < 1.29 is 17.9 Å². The Morgan fingerprint density at radius 2 is 2.00 bits per heavy atom. The van der Waals surface area contributed by atoms with Crippen LogP contribution in [0.4, 0.5) is 13.2 Å². The van der Waals surface area contributed by atoms with Gasteiger partial charge in [-0.25, -0.2) is 13.2 Å². The molecule has 1 atom stereocenters. The van der Waals surface area contributed by atoms with Crippen LogP contribution in [0.2, 0.25) is 5.02 Å². The summed E-state index contributed by atoms with van der Waals surface area (Å²) in [5.41, 5.74) is 3.43. The van der Waals surface area contributed by atoms with Crippen molar-refractivity contribution in [2.75, 3.05) is 7.11 Å². The molecular weight excluding hydrogens is 243 g/mol. The van der Waals surface area contributed by atoms with Crippen molar-refractivity contribution in [1.82, 2.24) is 0 Å². The lowest BCUT2D eigenvalue weighted by molar-refractivity contribution is 0.0883. The van der Waals surface area contributed by atoms with Crippen molar-refractivity contribution in [1.29, 1.82) is 0 Å². The minimum atomic E-state index is -3.07. The Morgan fingerprint density at radius 3 is 2.44 bits per heavy atom. The number of hydrogen-bond donors (Lipinski definition) is 1. The minimum Gasteiger partial charge on any atom is -0.496 e. The van der Waals surface area contributed by atoms with Gasteiger partial charge in [0.15, 0.2) is 0 Å². The second-order valence-corrected chi connectivity index (χ2v) is 4.17. The zero-order valence-corrected chi connectivity index (χ0v) is 9.12. The Hall–Kier alpha value is -0.940. The maximum absolute atomic E-state index is 13.2. The summed E-state index contributed by atoms with van der Waals surface area (Å²) < 4.78 is 44.4. The molecule has 1 saturated carbocycles. The first kappa shape index (κ1) is 11.5. The van der Waals surface area contributed by atoms with Crippen LogP contribution in [0, 0.1) is 5.82 Å². The normalized spacial score (nSPS) is 26.6. The molecule has 1 aliphatic carbocycles. The highest BCUT2D eigenvalue weighted by Crippen LogP contribution is 2.61. The molecule has 1 aromatic rings. The Labute approximate surface area is 95.1 Å². The number of nitrogens with two attached hydrogens (primary N) is 1. The minimum absolute atomic E-state index is 0.0751. The van der Waals surface area contributed by atoms with Crippen molar-refractivity contribution in [2.24, 2.45) is 5.73 Å². The van der Waals surface area contributed by atoms with Crippen LogP contribution in [0.5, 0.6) is 5.75 Å². The van der Waals surface area contributed by atoms with Gasteiger partial charge in [0, 0.05) is 12.0 Å². The van der Waals surface area contributed by atoms with Crippen LogP contribution < -0.4 is 10.5 Å². The van der Waals surface area contributed by atoms with E-state index in [4.69, 9.17) is 22.1 Å². The number of benzene rings is 1. The topological polar surface area (TPSA) is 35.2 Å². The molecule has 88 valence electrons. The second kappa shape index (κ2) is 3.28. The van der Waals surface area contributed by atoms with Gasteiger partial charge in [-0.1, -0.05) is 11.6 Å². The van der Waals surface area contributed by atoms with Crippen LogP contribution in [0.3, 0.4) is 0 Å². The highest BCUT2D eigenvalue weighted by atomic mass is 35.5. The molecule has 2 N–H and O–H groups in total. The van der Waals surface area contributed by atoms with Gasteiger partial charge >= 0.3 is 0 Å². The lowest BCUT2D eigenvalue weighted by atomic mass is 10.0. The zero-order chi connectivity index (χ0) is 12.1. The third-order valence-electron chi connectivity index (χ3n) is 2.75. The summed E-state index contributed by atoms with van der Waals surface area (Å²) in [6.07, 6.45) is -0.556. The molecule has 6 heteroatoms. The molecule has 2 nitrogen and oxygen atoms in total. The highest BCUT2D eigenvalue weighted by molar-refractivity contribution is 6.32. The van der Waals surface area contributed by atoms with Gasteiger partial charge in [0.1, 0.15) is 17.1 Å². The highest BCUT2D eigenvalue weighted by Gasteiger charge is 2.71. The zero-order valence-electron chi connectivity index (χ0n) is 8.36. The molecule has 1 fully saturated rings. The second-order valence-electron chi connectivity index (χ2n) is 3.79. The molecule has 0 aliphatic heterocycles. The summed E-state index contributed by atoms with van der Waals surface area (Å²) in [6, 6.07) is 2.29. The lowest BCUT2D eigenvalue weighted by Gasteiger charge is -2.17. The third-order valence-corrected chi connectivity index (χ3v) is 3.12. The molecule has 0 amide bonds. The average Bonchev–Trinajstić information content (AvgIpc) is 2.70. The quantitative estimate of drug-likeness (QED) is 0.877. The van der Waals surface area contributed by atoms with Gasteiger partial charge in [-0.3, -0.25) is 0 Å². The monoisotopic (exact) mass is 251 g/mol. The first-order valence-corrected chi connectivity index (χ1v) is 4.90. The van der Waals surface area contributed by atoms with Gasteiger partial charge in [-0.2, -0.15) is 0 Å². The van der Waals surface area contributed by atoms with Crippen molar-refractivity contribution in [3.8, 4) is 5.75 Å². The summed E-state index contributed by atoms with van der Waals surface area (Å²) in [5, 5.41) is -0.404. The fourth-order valence-electron chi connectivity index (χ4n) is 1.70. The lowest BCUT2D eigenvalue weighted by Crippen LogP contribution is -2.28. The fraction of sp³-hybridized carbons (Fsp3) is 0.400. The van der Waals surface area contributed by atoms with Crippen LogP contribution >= 0.6 is 11.6 Å². The largest absolute Gasteiger partial charge is 0.496 e. The SMILES string of the molecule is COc1ccc(F)c(Cl)c1C1(N)CC1(F)F. The van der Waals surface area contributed by atoms with Crippen LogP contribution in [-0.4, -0.2) is 13.0 Å². The number of halogens is 4. The van der Waals surface area contributed by atoms with E-state index in [0.29, 0.717) is 0 Å². The Kier molecular flexibility index (Phi) is 2.36. The maximum Gasteiger partial charge on any atom is 0.272 e. The smallest absolute Gasteiger partial charge is 0.272 e. The number of rotatable bonds is 2. The van der Waals surface area contributed by atoms with E-state index in [9.17, 15) is 13.2 Å². The Morgan fingerprint density at radius 1 is 1.44 bits per heavy atom. The summed E-state index contributed by atoms with van der Waals surface area (Å²) in [4.78, 5) is 0. The van der Waals surface area contributed by atoms with Crippen LogP contribution in [0.15, 0.2) is 12.1 Å². The maximum atomic E-state index is 13.2. The summed E-state index contributed by atoms with van der Waals surface area (Å²) in [6.45, 7) is 0. The van der Waals surface area contributed by atoms with Gasteiger partial charge in [0.25, 0.3) is 5.92 Å². The Balaban J connectivity index is 2.60. The van der Waals surface area contributed by atoms with Crippen LogP contribution in [0.25, 0.3) is 0 Å². The van der Waals surface area contributed by atoms with E-state index in [1.807, 2.05) is 0 Å². The van der Waals surface area contributed by atoms with Crippen LogP contribution in [0.1, 0.15) is 12.0 Å². The molecule has 2 rings (SSSR count). The van der Waals surface area contributed by atoms with E-state index < -0.39 is 28.7 Å². The standard InChI is InChI=1S/C10H9ClF3NO/c1-16-6-3-2-5(12)8(11)7(6)9(15)4-10(9,13)14/h2-3H,4,15H2,1H3. The van der Waals surface area contributed by atoms with E-state index in [0.717, 1.165) is 6.07 Å². The third kappa shape index (κ3) is 1.38. The van der Waals surface area contributed by atoms with Gasteiger partial charge in [0.2, 0.25) is 0 Å². The first-order valence-electron chi connectivity index (χ1n) is 4.52. The van der Waals surface area contributed by atoms with E-state index in [1.54, 1.807) is 0 Å². The van der Waals surface area contributed by atoms with Crippen molar-refractivity contribution in [2.45, 2.75) is 17.9 Å². The average molecular weight is 252 g/mol. The summed E-state index contributed by atoms with van der Waals surface area (Å²) >= 11 is 5.66. The number of hydrogen-bond acceptors (Lipinski definition) is 2. The number of ether oxygens (including phenoxy) is 1. The molecule has 16 heavy (non-hydrogen) atoms. The number of alkyl halides is 2. The van der Waals surface area contributed by atoms with Crippen molar-refractivity contribution >= 4 is 11.6 Å². The van der Waals surface area contributed by atoms with E-state index >= 15 is 0 Å². The molecule has 0 heterocycles. The predicted octanol–water partition coefficient (Wildman–Crippen LogP) is 2.68. The molecule has 0 saturated heterocycles. The van der Waals surface area contributed by atoms with E-state index in [-0.39, 0.29) is 11.3 Å². The molecule has 0 aromatic heterocycles. The summed E-state index contributed by atoms with van der Waals surface area (Å²) in [5.74, 6) is -3.78. The molecule has 0 spiro atoms. The molecule has 0 radical (unpaired) electrons. The predicted molar refractivity (Wildman–Crippen MR) is 53.4 cm³/mol. The van der Waals surface area contributed by atoms with E-state index in [2.05, 4.69) is 0 Å². The fourth-order valence-corrected chi connectivity index (χ4v) is 2.02. The van der Waals surface area contributed by atoms with Crippen molar-refractivity contribution in [3.05, 3.63) is 28.5 Å². The molecule has 1 aromatic carbocycles. The Bertz CT molecular complexity index is 452. The van der Waals surface area contributed by atoms with Gasteiger partial charge in [0.05, 0.1) is 12.1 Å². The van der Waals surface area contributed by atoms with E-state index in [1.165, 1.54) is 13.2 Å². The molecule has 0 bridgehead atoms. The van der Waals surface area contributed by atoms with Gasteiger partial charge in [-0.05, 0) is 12.1 Å². The number of methoxy groups -OCH3 is 1. The molecule has 1 unspecified atom stereocenters. The molecule has 1 aliphatic rings.